The number of nitrogens with one attached hydrogen (secondary N) is 1. The number of carbonyl (C=O) groups is 2. The number of esters is 1. The van der Waals surface area contributed by atoms with Gasteiger partial charge in [-0.1, -0.05) is 30.3 Å². The van der Waals surface area contributed by atoms with Crippen LogP contribution in [-0.4, -0.2) is 23.7 Å². The highest BCUT2D eigenvalue weighted by Gasteiger charge is 2.19. The van der Waals surface area contributed by atoms with E-state index in [1.54, 1.807) is 6.07 Å². The number of thioether (sulfide) groups is 1. The third-order valence-corrected chi connectivity index (χ3v) is 4.40. The van der Waals surface area contributed by atoms with Crippen molar-refractivity contribution in [2.75, 3.05) is 11.1 Å². The normalized spacial score (nSPS) is 11.6. The largest absolute Gasteiger partial charge is 0.452 e. The monoisotopic (exact) mass is 347 g/mol. The number of hydrogen-bond donors (Lipinski definition) is 1. The van der Waals surface area contributed by atoms with Crippen LogP contribution in [0.3, 0.4) is 0 Å². The van der Waals surface area contributed by atoms with E-state index in [1.807, 2.05) is 31.2 Å². The summed E-state index contributed by atoms with van der Waals surface area (Å²) in [6.07, 6.45) is -1.01. The van der Waals surface area contributed by atoms with Crippen molar-refractivity contribution < 1.29 is 18.7 Å². The Morgan fingerprint density at radius 2 is 1.83 bits per heavy atom. The van der Waals surface area contributed by atoms with Gasteiger partial charge in [-0.05, 0) is 37.6 Å². The SMILES string of the molecule is Cc1ccccc1SCC(=O)O[C@@H](C)C(=O)Nc1ccccc1F. The van der Waals surface area contributed by atoms with E-state index < -0.39 is 23.8 Å². The molecule has 4 nitrogen and oxygen atoms in total. The molecule has 24 heavy (non-hydrogen) atoms. The Labute approximate surface area is 144 Å². The second kappa shape index (κ2) is 8.49. The first-order chi connectivity index (χ1) is 11.5. The quantitative estimate of drug-likeness (QED) is 0.638. The molecule has 0 unspecified atom stereocenters. The average molecular weight is 347 g/mol. The van der Waals surface area contributed by atoms with Gasteiger partial charge in [0.05, 0.1) is 11.4 Å². The Kier molecular flexibility index (Phi) is 6.37. The molecule has 126 valence electrons. The van der Waals surface area contributed by atoms with Crippen LogP contribution in [0.25, 0.3) is 0 Å². The summed E-state index contributed by atoms with van der Waals surface area (Å²) in [6.45, 7) is 3.41. The van der Waals surface area contributed by atoms with Crippen molar-refractivity contribution in [1.29, 1.82) is 0 Å². The standard InChI is InChI=1S/C18H18FNO3S/c1-12-7-3-6-10-16(12)24-11-17(21)23-13(2)18(22)20-15-9-5-4-8-14(15)19/h3-10,13H,11H2,1-2H3,(H,20,22)/t13-/m0/s1. The van der Waals surface area contributed by atoms with Crippen molar-refractivity contribution in [1.82, 2.24) is 0 Å². The van der Waals surface area contributed by atoms with Gasteiger partial charge in [0.15, 0.2) is 6.10 Å². The predicted octanol–water partition coefficient (Wildman–Crippen LogP) is 3.80. The van der Waals surface area contributed by atoms with Crippen molar-refractivity contribution in [3.8, 4) is 0 Å². The molecular formula is C18H18FNO3S. The molecule has 0 aromatic heterocycles. The number of hydrogen-bond acceptors (Lipinski definition) is 4. The van der Waals surface area contributed by atoms with Gasteiger partial charge in [0.1, 0.15) is 5.82 Å². The van der Waals surface area contributed by atoms with Crippen LogP contribution in [0, 0.1) is 12.7 Å². The molecule has 0 saturated carbocycles. The molecule has 0 aliphatic carbocycles. The molecule has 0 heterocycles. The summed E-state index contributed by atoms with van der Waals surface area (Å²) < 4.78 is 18.6. The molecule has 1 atom stereocenters. The van der Waals surface area contributed by atoms with Crippen LogP contribution in [0.4, 0.5) is 10.1 Å². The first-order valence-electron chi connectivity index (χ1n) is 7.40. The third kappa shape index (κ3) is 5.09. The Bertz CT molecular complexity index is 736. The van der Waals surface area contributed by atoms with E-state index in [0.29, 0.717) is 0 Å². The van der Waals surface area contributed by atoms with E-state index >= 15 is 0 Å². The zero-order valence-electron chi connectivity index (χ0n) is 13.4. The van der Waals surface area contributed by atoms with Crippen LogP contribution in [0.2, 0.25) is 0 Å². The van der Waals surface area contributed by atoms with Crippen molar-refractivity contribution in [2.24, 2.45) is 0 Å². The van der Waals surface area contributed by atoms with Gasteiger partial charge < -0.3 is 10.1 Å². The van der Waals surface area contributed by atoms with E-state index in [2.05, 4.69) is 5.32 Å². The minimum absolute atomic E-state index is 0.0553. The predicted molar refractivity (Wildman–Crippen MR) is 92.5 cm³/mol. The first kappa shape index (κ1) is 18.0. The van der Waals surface area contributed by atoms with Gasteiger partial charge in [-0.25, -0.2) is 4.39 Å². The number of halogens is 1. The van der Waals surface area contributed by atoms with Gasteiger partial charge in [0.25, 0.3) is 5.91 Å². The Balaban J connectivity index is 1.84. The van der Waals surface area contributed by atoms with E-state index in [4.69, 9.17) is 4.74 Å². The smallest absolute Gasteiger partial charge is 0.317 e. The number of anilines is 1. The first-order valence-corrected chi connectivity index (χ1v) is 8.39. The van der Waals surface area contributed by atoms with Crippen molar-refractivity contribution in [2.45, 2.75) is 24.8 Å². The maximum absolute atomic E-state index is 13.5. The summed E-state index contributed by atoms with van der Waals surface area (Å²) in [6, 6.07) is 13.5. The Hall–Kier alpha value is -2.34. The Morgan fingerprint density at radius 3 is 2.54 bits per heavy atom. The van der Waals surface area contributed by atoms with Crippen LogP contribution >= 0.6 is 11.8 Å². The molecule has 0 fully saturated rings. The van der Waals surface area contributed by atoms with Crippen molar-refractivity contribution >= 4 is 29.3 Å². The number of para-hydroxylation sites is 1. The van der Waals surface area contributed by atoms with Gasteiger partial charge in [0.2, 0.25) is 0 Å². The molecule has 2 aromatic carbocycles. The van der Waals surface area contributed by atoms with Crippen LogP contribution in [0.5, 0.6) is 0 Å². The van der Waals surface area contributed by atoms with Crippen LogP contribution in [0.15, 0.2) is 53.4 Å². The molecule has 0 bridgehead atoms. The fourth-order valence-corrected chi connectivity index (χ4v) is 2.75. The maximum Gasteiger partial charge on any atom is 0.317 e. The highest BCUT2D eigenvalue weighted by atomic mass is 32.2. The summed E-state index contributed by atoms with van der Waals surface area (Å²) in [5, 5.41) is 2.40. The number of amides is 1. The molecule has 2 rings (SSSR count). The number of rotatable bonds is 6. The molecule has 1 N–H and O–H groups in total. The molecule has 1 amide bonds. The molecule has 0 spiro atoms. The lowest BCUT2D eigenvalue weighted by Crippen LogP contribution is -2.30. The number of carbonyl (C=O) groups excluding carboxylic acids is 2. The molecule has 2 aromatic rings. The lowest BCUT2D eigenvalue weighted by Gasteiger charge is -2.14. The summed E-state index contributed by atoms with van der Waals surface area (Å²) in [7, 11) is 0. The molecule has 0 saturated heterocycles. The fourth-order valence-electron chi connectivity index (χ4n) is 1.94. The minimum Gasteiger partial charge on any atom is -0.452 e. The number of aryl methyl sites for hydroxylation is 1. The molecule has 6 heteroatoms. The fraction of sp³-hybridized carbons (Fsp3) is 0.222. The summed E-state index contributed by atoms with van der Waals surface area (Å²) in [4.78, 5) is 24.8. The van der Waals surface area contributed by atoms with Gasteiger partial charge in [-0.3, -0.25) is 9.59 Å². The minimum atomic E-state index is -1.01. The highest BCUT2D eigenvalue weighted by molar-refractivity contribution is 8.00. The maximum atomic E-state index is 13.5. The zero-order chi connectivity index (χ0) is 17.5. The van der Waals surface area contributed by atoms with Crippen molar-refractivity contribution in [3.63, 3.8) is 0 Å². The highest BCUT2D eigenvalue weighted by Crippen LogP contribution is 2.22. The Morgan fingerprint density at radius 1 is 1.17 bits per heavy atom. The van der Waals surface area contributed by atoms with Gasteiger partial charge in [-0.15, -0.1) is 11.8 Å². The molecular weight excluding hydrogens is 329 g/mol. The number of benzene rings is 2. The second-order valence-corrected chi connectivity index (χ2v) is 6.17. The van der Waals surface area contributed by atoms with Crippen LogP contribution in [0.1, 0.15) is 12.5 Å². The summed E-state index contributed by atoms with van der Waals surface area (Å²) in [5.74, 6) is -1.52. The number of ether oxygens (including phenoxy) is 1. The molecule has 0 aliphatic heterocycles. The molecule has 0 aliphatic rings. The van der Waals surface area contributed by atoms with E-state index in [0.717, 1.165) is 10.5 Å². The molecule has 0 radical (unpaired) electrons. The van der Waals surface area contributed by atoms with Crippen LogP contribution < -0.4 is 5.32 Å². The third-order valence-electron chi connectivity index (χ3n) is 3.25. The van der Waals surface area contributed by atoms with Gasteiger partial charge in [0, 0.05) is 4.90 Å². The van der Waals surface area contributed by atoms with Crippen LogP contribution in [-0.2, 0) is 14.3 Å². The van der Waals surface area contributed by atoms with Gasteiger partial charge >= 0.3 is 5.97 Å². The van der Waals surface area contributed by atoms with Gasteiger partial charge in [-0.2, -0.15) is 0 Å². The lowest BCUT2D eigenvalue weighted by atomic mass is 10.2. The van der Waals surface area contributed by atoms with E-state index in [1.165, 1.54) is 36.9 Å². The zero-order valence-corrected chi connectivity index (χ0v) is 14.2. The van der Waals surface area contributed by atoms with E-state index in [9.17, 15) is 14.0 Å². The second-order valence-electron chi connectivity index (χ2n) is 5.16. The van der Waals surface area contributed by atoms with E-state index in [-0.39, 0.29) is 11.4 Å². The topological polar surface area (TPSA) is 55.4 Å². The van der Waals surface area contributed by atoms with Crippen molar-refractivity contribution in [3.05, 3.63) is 59.9 Å². The lowest BCUT2D eigenvalue weighted by molar-refractivity contribution is -0.150. The summed E-state index contributed by atoms with van der Waals surface area (Å²) in [5.41, 5.74) is 1.13. The average Bonchev–Trinajstić information content (AvgIpc) is 2.56. The summed E-state index contributed by atoms with van der Waals surface area (Å²) >= 11 is 1.35.